The van der Waals surface area contributed by atoms with Crippen LogP contribution in [0.4, 0.5) is 14.6 Å². The zero-order valence-corrected chi connectivity index (χ0v) is 14.8. The molecule has 0 unspecified atom stereocenters. The molecule has 6 heteroatoms. The van der Waals surface area contributed by atoms with Gasteiger partial charge in [0.2, 0.25) is 0 Å². The maximum Gasteiger partial charge on any atom is 0.147 e. The van der Waals surface area contributed by atoms with Gasteiger partial charge in [0.1, 0.15) is 23.2 Å². The number of aromatic nitrogens is 1. The van der Waals surface area contributed by atoms with Crippen LogP contribution in [0.15, 0.2) is 54.6 Å². The number of anilines is 1. The van der Waals surface area contributed by atoms with Crippen molar-refractivity contribution in [2.24, 2.45) is 0 Å². The van der Waals surface area contributed by atoms with Crippen molar-refractivity contribution in [3.63, 3.8) is 0 Å². The second-order valence-corrected chi connectivity index (χ2v) is 6.41. The Hall–Kier alpha value is -2.34. The first-order chi connectivity index (χ1) is 12.1. The van der Waals surface area contributed by atoms with Gasteiger partial charge in [0, 0.05) is 41.9 Å². The highest BCUT2D eigenvalue weighted by Gasteiger charge is 2.20. The fourth-order valence-corrected chi connectivity index (χ4v) is 3.22. The van der Waals surface area contributed by atoms with Crippen molar-refractivity contribution >= 4 is 23.2 Å². The normalized spacial score (nSPS) is 14.2. The predicted octanol–water partition coefficient (Wildman–Crippen LogP) is 4.81. The molecule has 1 aliphatic heterocycles. The average molecular weight is 360 g/mol. The SMILES string of the molecule is COc1cc(F)ccc1C1=CCN(c2cc(CSC)ccn2)C=C1F. The summed E-state index contributed by atoms with van der Waals surface area (Å²) in [5.74, 6) is 1.06. The molecule has 2 aromatic rings. The van der Waals surface area contributed by atoms with E-state index in [2.05, 4.69) is 4.98 Å². The van der Waals surface area contributed by atoms with Crippen LogP contribution in [0, 0.1) is 5.82 Å². The molecule has 1 aliphatic rings. The van der Waals surface area contributed by atoms with Gasteiger partial charge in [-0.2, -0.15) is 11.8 Å². The Labute approximate surface area is 150 Å². The van der Waals surface area contributed by atoms with Gasteiger partial charge in [-0.1, -0.05) is 6.08 Å². The third-order valence-corrected chi connectivity index (χ3v) is 4.51. The molecule has 1 aromatic heterocycles. The number of allylic oxidation sites excluding steroid dienone is 2. The molecule has 0 atom stereocenters. The Morgan fingerprint density at radius 2 is 2.08 bits per heavy atom. The van der Waals surface area contributed by atoms with Crippen LogP contribution in [0.5, 0.6) is 5.75 Å². The highest BCUT2D eigenvalue weighted by Crippen LogP contribution is 2.35. The summed E-state index contributed by atoms with van der Waals surface area (Å²) in [4.78, 5) is 6.07. The van der Waals surface area contributed by atoms with Gasteiger partial charge >= 0.3 is 0 Å². The molecule has 0 N–H and O–H groups in total. The van der Waals surface area contributed by atoms with Crippen LogP contribution in [0.1, 0.15) is 11.1 Å². The minimum atomic E-state index is -0.419. The van der Waals surface area contributed by atoms with Crippen LogP contribution in [-0.4, -0.2) is 24.9 Å². The second-order valence-electron chi connectivity index (χ2n) is 5.55. The first-order valence-corrected chi connectivity index (χ1v) is 9.14. The number of thioether (sulfide) groups is 1. The fraction of sp³-hybridized carbons (Fsp3) is 0.211. The lowest BCUT2D eigenvalue weighted by molar-refractivity contribution is 0.409. The number of halogens is 2. The van der Waals surface area contributed by atoms with E-state index >= 15 is 0 Å². The molecule has 0 spiro atoms. The molecule has 3 rings (SSSR count). The third-order valence-electron chi connectivity index (χ3n) is 3.89. The van der Waals surface area contributed by atoms with Crippen molar-refractivity contribution in [2.75, 3.05) is 24.8 Å². The van der Waals surface area contributed by atoms with Gasteiger partial charge in [-0.3, -0.25) is 0 Å². The Bertz CT molecular complexity index is 836. The largest absolute Gasteiger partial charge is 0.496 e. The van der Waals surface area contributed by atoms with E-state index in [1.807, 2.05) is 18.4 Å². The molecule has 130 valence electrons. The van der Waals surface area contributed by atoms with E-state index in [4.69, 9.17) is 4.74 Å². The molecule has 0 radical (unpaired) electrons. The summed E-state index contributed by atoms with van der Waals surface area (Å²) >= 11 is 1.72. The third kappa shape index (κ3) is 3.85. The van der Waals surface area contributed by atoms with Gasteiger partial charge in [0.15, 0.2) is 0 Å². The molecule has 0 saturated carbocycles. The summed E-state index contributed by atoms with van der Waals surface area (Å²) in [6.07, 6.45) is 6.94. The highest BCUT2D eigenvalue weighted by atomic mass is 32.2. The molecule has 0 amide bonds. The predicted molar refractivity (Wildman–Crippen MR) is 98.9 cm³/mol. The summed E-state index contributed by atoms with van der Waals surface area (Å²) in [7, 11) is 1.44. The minimum Gasteiger partial charge on any atom is -0.496 e. The fourth-order valence-electron chi connectivity index (χ4n) is 2.71. The Kier molecular flexibility index (Phi) is 5.38. The van der Waals surface area contributed by atoms with Crippen LogP contribution < -0.4 is 9.64 Å². The Morgan fingerprint density at radius 1 is 1.24 bits per heavy atom. The topological polar surface area (TPSA) is 25.4 Å². The number of hydrogen-bond acceptors (Lipinski definition) is 4. The lowest BCUT2D eigenvalue weighted by Gasteiger charge is -2.24. The summed E-state index contributed by atoms with van der Waals surface area (Å²) in [5, 5.41) is 0. The maximum atomic E-state index is 14.7. The van der Waals surface area contributed by atoms with E-state index < -0.39 is 11.6 Å². The number of benzene rings is 1. The molecule has 0 saturated heterocycles. The molecular weight excluding hydrogens is 342 g/mol. The highest BCUT2D eigenvalue weighted by molar-refractivity contribution is 7.97. The van der Waals surface area contributed by atoms with E-state index in [-0.39, 0.29) is 0 Å². The zero-order chi connectivity index (χ0) is 17.8. The molecule has 0 fully saturated rings. The van der Waals surface area contributed by atoms with Crippen LogP contribution in [0.2, 0.25) is 0 Å². The number of nitrogens with zero attached hydrogens (tertiary/aromatic N) is 2. The molecule has 1 aromatic carbocycles. The van der Waals surface area contributed by atoms with E-state index in [0.29, 0.717) is 29.2 Å². The van der Waals surface area contributed by atoms with Crippen LogP contribution in [0.25, 0.3) is 5.57 Å². The van der Waals surface area contributed by atoms with Crippen molar-refractivity contribution in [3.8, 4) is 5.75 Å². The van der Waals surface area contributed by atoms with Crippen LogP contribution in [-0.2, 0) is 5.75 Å². The van der Waals surface area contributed by atoms with Crippen molar-refractivity contribution < 1.29 is 13.5 Å². The van der Waals surface area contributed by atoms with Crippen molar-refractivity contribution in [1.29, 1.82) is 0 Å². The van der Waals surface area contributed by atoms with Crippen molar-refractivity contribution in [1.82, 2.24) is 4.98 Å². The monoisotopic (exact) mass is 360 g/mol. The van der Waals surface area contributed by atoms with Gasteiger partial charge in [0.05, 0.1) is 7.11 Å². The van der Waals surface area contributed by atoms with Gasteiger partial charge in [0.25, 0.3) is 0 Å². The molecule has 3 nitrogen and oxygen atoms in total. The van der Waals surface area contributed by atoms with E-state index in [0.717, 1.165) is 11.3 Å². The van der Waals surface area contributed by atoms with E-state index in [9.17, 15) is 8.78 Å². The number of methoxy groups -OCH3 is 1. The Morgan fingerprint density at radius 3 is 2.80 bits per heavy atom. The standard InChI is InChI=1S/C19H18F2N2OS/c1-24-18-10-14(20)3-4-16(18)15-6-8-23(11-17(15)21)19-9-13(12-25-2)5-7-22-19/h3-7,9-11H,8,12H2,1-2H3. The van der Waals surface area contributed by atoms with Crippen LogP contribution in [0.3, 0.4) is 0 Å². The van der Waals surface area contributed by atoms with E-state index in [1.165, 1.54) is 31.5 Å². The van der Waals surface area contributed by atoms with Gasteiger partial charge < -0.3 is 9.64 Å². The lowest BCUT2D eigenvalue weighted by atomic mass is 10.0. The summed E-state index contributed by atoms with van der Waals surface area (Å²) in [6, 6.07) is 7.99. The summed E-state index contributed by atoms with van der Waals surface area (Å²) < 4.78 is 33.2. The second kappa shape index (κ2) is 7.70. The van der Waals surface area contributed by atoms with Gasteiger partial charge in [-0.25, -0.2) is 13.8 Å². The Balaban J connectivity index is 1.87. The summed E-state index contributed by atoms with van der Waals surface area (Å²) in [5.41, 5.74) is 2.07. The molecule has 0 aliphatic carbocycles. The number of ether oxygens (including phenoxy) is 1. The maximum absolute atomic E-state index is 14.7. The first-order valence-electron chi connectivity index (χ1n) is 7.74. The molecular formula is C19H18F2N2OS. The quantitative estimate of drug-likeness (QED) is 0.764. The van der Waals surface area contributed by atoms with Crippen molar-refractivity contribution in [2.45, 2.75) is 5.75 Å². The number of rotatable bonds is 5. The van der Waals surface area contributed by atoms with E-state index in [1.54, 1.807) is 28.9 Å². The zero-order valence-electron chi connectivity index (χ0n) is 14.0. The van der Waals surface area contributed by atoms with Crippen molar-refractivity contribution in [3.05, 3.63) is 71.6 Å². The molecule has 2 heterocycles. The first kappa shape index (κ1) is 17.5. The lowest BCUT2D eigenvalue weighted by Crippen LogP contribution is -2.21. The number of pyridine rings is 1. The molecule has 0 bridgehead atoms. The smallest absolute Gasteiger partial charge is 0.147 e. The summed E-state index contributed by atoms with van der Waals surface area (Å²) in [6.45, 7) is 0.471. The van der Waals surface area contributed by atoms with Gasteiger partial charge in [-0.15, -0.1) is 0 Å². The number of hydrogen-bond donors (Lipinski definition) is 0. The average Bonchev–Trinajstić information content (AvgIpc) is 2.62. The van der Waals surface area contributed by atoms with Gasteiger partial charge in [-0.05, 0) is 36.1 Å². The minimum absolute atomic E-state index is 0.309. The van der Waals surface area contributed by atoms with Crippen LogP contribution >= 0.6 is 11.8 Å². The molecule has 25 heavy (non-hydrogen) atoms.